The first kappa shape index (κ1) is 19.9. The lowest BCUT2D eigenvalue weighted by atomic mass is 10.1. The predicted molar refractivity (Wildman–Crippen MR) is 131 cm³/mol. The Hall–Kier alpha value is -3.77. The van der Waals surface area contributed by atoms with Crippen LogP contribution in [-0.2, 0) is 4.74 Å². The third kappa shape index (κ3) is 3.62. The molecule has 0 bridgehead atoms. The quantitative estimate of drug-likeness (QED) is 0.389. The van der Waals surface area contributed by atoms with Gasteiger partial charge in [-0.2, -0.15) is 0 Å². The molecular formula is C27H25N5O. The maximum absolute atomic E-state index is 5.85. The molecule has 33 heavy (non-hydrogen) atoms. The van der Waals surface area contributed by atoms with E-state index in [0.717, 1.165) is 57.8 Å². The van der Waals surface area contributed by atoms with Crippen LogP contribution in [0, 0.1) is 0 Å². The largest absolute Gasteiger partial charge is 0.372 e. The molecule has 6 heteroatoms. The van der Waals surface area contributed by atoms with E-state index in [2.05, 4.69) is 70.7 Å². The molecule has 164 valence electrons. The van der Waals surface area contributed by atoms with Crippen molar-refractivity contribution in [3.63, 3.8) is 0 Å². The molecule has 5 heterocycles. The molecule has 6 rings (SSSR count). The van der Waals surface area contributed by atoms with Gasteiger partial charge in [0, 0.05) is 48.2 Å². The number of nitrogens with zero attached hydrogens (tertiary/aromatic N) is 5. The van der Waals surface area contributed by atoms with Crippen molar-refractivity contribution in [2.24, 2.45) is 0 Å². The Morgan fingerprint density at radius 3 is 2.52 bits per heavy atom. The molecule has 0 amide bonds. The maximum Gasteiger partial charge on any atom is 0.137 e. The summed E-state index contributed by atoms with van der Waals surface area (Å²) in [5.41, 5.74) is 6.25. The van der Waals surface area contributed by atoms with Gasteiger partial charge in [0.25, 0.3) is 0 Å². The lowest BCUT2D eigenvalue weighted by Gasteiger charge is -2.36. The Kier molecular flexibility index (Phi) is 4.80. The monoisotopic (exact) mass is 435 g/mol. The highest BCUT2D eigenvalue weighted by atomic mass is 16.5. The average molecular weight is 436 g/mol. The van der Waals surface area contributed by atoms with Gasteiger partial charge in [0.1, 0.15) is 11.5 Å². The minimum absolute atomic E-state index is 0.213. The maximum atomic E-state index is 5.85. The van der Waals surface area contributed by atoms with Gasteiger partial charge in [-0.05, 0) is 55.8 Å². The smallest absolute Gasteiger partial charge is 0.137 e. The van der Waals surface area contributed by atoms with Crippen LogP contribution in [0.15, 0.2) is 79.4 Å². The van der Waals surface area contributed by atoms with Crippen molar-refractivity contribution in [2.45, 2.75) is 26.1 Å². The second kappa shape index (κ2) is 7.98. The number of pyridine rings is 3. The fraction of sp³-hybridized carbons (Fsp3) is 0.222. The number of aromatic nitrogens is 4. The van der Waals surface area contributed by atoms with Crippen molar-refractivity contribution in [1.29, 1.82) is 0 Å². The lowest BCUT2D eigenvalue weighted by Crippen LogP contribution is -2.45. The molecule has 1 aromatic carbocycles. The predicted octanol–water partition coefficient (Wildman–Crippen LogP) is 5.23. The first-order chi connectivity index (χ1) is 16.2. The van der Waals surface area contributed by atoms with Crippen LogP contribution in [0.5, 0.6) is 0 Å². The minimum Gasteiger partial charge on any atom is -0.372 e. The number of para-hydroxylation sites is 1. The second-order valence-electron chi connectivity index (χ2n) is 8.73. The van der Waals surface area contributed by atoms with Crippen LogP contribution in [-0.4, -0.2) is 44.7 Å². The number of benzene rings is 1. The molecule has 1 fully saturated rings. The van der Waals surface area contributed by atoms with Crippen LogP contribution in [0.4, 0.5) is 5.82 Å². The first-order valence-electron chi connectivity index (χ1n) is 11.3. The molecule has 0 saturated carbocycles. The molecule has 4 aromatic heterocycles. The summed E-state index contributed by atoms with van der Waals surface area (Å²) in [6.45, 7) is 5.95. The highest BCUT2D eigenvalue weighted by Gasteiger charge is 2.23. The Labute approximate surface area is 192 Å². The van der Waals surface area contributed by atoms with Crippen LogP contribution in [0.3, 0.4) is 0 Å². The Morgan fingerprint density at radius 2 is 1.70 bits per heavy atom. The summed E-state index contributed by atoms with van der Waals surface area (Å²) in [5, 5.41) is 1.12. The fourth-order valence-corrected chi connectivity index (χ4v) is 4.79. The normalized spacial score (nSPS) is 18.8. The van der Waals surface area contributed by atoms with E-state index in [-0.39, 0.29) is 12.2 Å². The third-order valence-corrected chi connectivity index (χ3v) is 6.26. The van der Waals surface area contributed by atoms with E-state index >= 15 is 0 Å². The van der Waals surface area contributed by atoms with Gasteiger partial charge in [0.05, 0.1) is 29.6 Å². The van der Waals surface area contributed by atoms with Crippen molar-refractivity contribution in [3.8, 4) is 22.4 Å². The molecule has 1 aliphatic heterocycles. The number of ether oxygens (including phenoxy) is 1. The highest BCUT2D eigenvalue weighted by molar-refractivity contribution is 5.93. The van der Waals surface area contributed by atoms with Crippen molar-refractivity contribution in [3.05, 3.63) is 79.4 Å². The van der Waals surface area contributed by atoms with Gasteiger partial charge < -0.3 is 9.64 Å². The zero-order valence-electron chi connectivity index (χ0n) is 18.7. The number of anilines is 1. The van der Waals surface area contributed by atoms with Gasteiger partial charge in [-0.15, -0.1) is 0 Å². The van der Waals surface area contributed by atoms with Crippen molar-refractivity contribution >= 4 is 22.4 Å². The zero-order valence-corrected chi connectivity index (χ0v) is 18.7. The Balaban J connectivity index is 1.32. The second-order valence-corrected chi connectivity index (χ2v) is 8.73. The van der Waals surface area contributed by atoms with E-state index in [0.29, 0.717) is 0 Å². The molecule has 2 unspecified atom stereocenters. The summed E-state index contributed by atoms with van der Waals surface area (Å²) < 4.78 is 7.98. The number of fused-ring (bicyclic) bond motifs is 2. The average Bonchev–Trinajstić information content (AvgIpc) is 3.26. The van der Waals surface area contributed by atoms with E-state index in [4.69, 9.17) is 14.7 Å². The van der Waals surface area contributed by atoms with Gasteiger partial charge in [-0.25, -0.2) is 9.97 Å². The molecular weight excluding hydrogens is 410 g/mol. The number of hydrogen-bond acceptors (Lipinski definition) is 5. The minimum atomic E-state index is 0.213. The van der Waals surface area contributed by atoms with Gasteiger partial charge in [-0.3, -0.25) is 9.38 Å². The molecule has 1 saturated heterocycles. The summed E-state index contributed by atoms with van der Waals surface area (Å²) in [7, 11) is 0. The molecule has 0 N–H and O–H groups in total. The fourth-order valence-electron chi connectivity index (χ4n) is 4.79. The summed E-state index contributed by atoms with van der Waals surface area (Å²) in [5.74, 6) is 0.995. The molecule has 0 radical (unpaired) electrons. The van der Waals surface area contributed by atoms with Gasteiger partial charge in [0.2, 0.25) is 0 Å². The van der Waals surface area contributed by atoms with E-state index in [1.807, 2.05) is 36.8 Å². The van der Waals surface area contributed by atoms with Crippen LogP contribution < -0.4 is 4.90 Å². The van der Waals surface area contributed by atoms with E-state index in [9.17, 15) is 0 Å². The van der Waals surface area contributed by atoms with Crippen LogP contribution in [0.1, 0.15) is 13.8 Å². The lowest BCUT2D eigenvalue weighted by molar-refractivity contribution is -0.00545. The SMILES string of the molecule is CC1CN(c2ccc(-c3ccn4c(-c5ccnc6ccccc56)cnc4c3)cn2)CC(C)O1. The van der Waals surface area contributed by atoms with Gasteiger partial charge in [0.15, 0.2) is 0 Å². The van der Waals surface area contributed by atoms with Gasteiger partial charge >= 0.3 is 0 Å². The summed E-state index contributed by atoms with van der Waals surface area (Å²) >= 11 is 0. The Bertz CT molecular complexity index is 1430. The van der Waals surface area contributed by atoms with Crippen LogP contribution >= 0.6 is 0 Å². The van der Waals surface area contributed by atoms with Crippen molar-refractivity contribution in [2.75, 3.05) is 18.0 Å². The van der Waals surface area contributed by atoms with E-state index in [1.165, 1.54) is 0 Å². The van der Waals surface area contributed by atoms with E-state index in [1.54, 1.807) is 0 Å². The summed E-state index contributed by atoms with van der Waals surface area (Å²) in [6, 6.07) is 18.7. The summed E-state index contributed by atoms with van der Waals surface area (Å²) in [6.07, 6.45) is 8.25. The molecule has 1 aliphatic rings. The molecule has 2 atom stereocenters. The molecule has 0 aliphatic carbocycles. The summed E-state index contributed by atoms with van der Waals surface area (Å²) in [4.78, 5) is 16.2. The first-order valence-corrected chi connectivity index (χ1v) is 11.3. The van der Waals surface area contributed by atoms with E-state index < -0.39 is 0 Å². The van der Waals surface area contributed by atoms with Crippen molar-refractivity contribution < 1.29 is 4.74 Å². The highest BCUT2D eigenvalue weighted by Crippen LogP contribution is 2.30. The molecule has 6 nitrogen and oxygen atoms in total. The van der Waals surface area contributed by atoms with Crippen molar-refractivity contribution in [1.82, 2.24) is 19.4 Å². The number of hydrogen-bond donors (Lipinski definition) is 0. The standard InChI is InChI=1S/C27H25N5O/c1-18-16-31(17-19(2)33-18)26-8-7-21(14-29-26)20-10-12-32-25(15-30-27(32)13-20)23-9-11-28-24-6-4-3-5-22(23)24/h3-15,18-19H,16-17H2,1-2H3. The van der Waals surface area contributed by atoms with Gasteiger partial charge in [-0.1, -0.05) is 18.2 Å². The number of morpholine rings is 1. The number of imidazole rings is 1. The third-order valence-electron chi connectivity index (χ3n) is 6.26. The number of rotatable bonds is 3. The zero-order chi connectivity index (χ0) is 22.4. The molecule has 0 spiro atoms. The Morgan fingerprint density at radius 1 is 0.848 bits per heavy atom. The van der Waals surface area contributed by atoms with Crippen LogP contribution in [0.25, 0.3) is 38.9 Å². The molecule has 5 aromatic rings. The van der Waals surface area contributed by atoms with Crippen LogP contribution in [0.2, 0.25) is 0 Å². The topological polar surface area (TPSA) is 55.5 Å².